The number of carbonyl (C=O) groups is 1. The second kappa shape index (κ2) is 5.59. The minimum absolute atomic E-state index is 0.170. The summed E-state index contributed by atoms with van der Waals surface area (Å²) < 4.78 is 4.36. The van der Waals surface area contributed by atoms with Gasteiger partial charge >= 0.3 is 11.7 Å². The van der Waals surface area contributed by atoms with Gasteiger partial charge in [-0.1, -0.05) is 6.07 Å². The second-order valence-electron chi connectivity index (χ2n) is 3.02. The van der Waals surface area contributed by atoms with Crippen molar-refractivity contribution in [2.75, 3.05) is 13.7 Å². The number of esters is 1. The normalized spacial score (nSPS) is 10.4. The first kappa shape index (κ1) is 12.6. The first-order chi connectivity index (χ1) is 8.06. The van der Waals surface area contributed by atoms with Crippen molar-refractivity contribution in [3.8, 4) is 5.75 Å². The van der Waals surface area contributed by atoms with Crippen LogP contribution < -0.4 is 0 Å². The van der Waals surface area contributed by atoms with Gasteiger partial charge in [0.05, 0.1) is 12.0 Å². The molecular weight excluding hydrogens is 228 g/mol. The maximum Gasteiger partial charge on any atom is 0.327 e. The van der Waals surface area contributed by atoms with E-state index in [1.54, 1.807) is 0 Å². The quantitative estimate of drug-likeness (QED) is 0.363. The van der Waals surface area contributed by atoms with Crippen molar-refractivity contribution in [3.63, 3.8) is 0 Å². The smallest absolute Gasteiger partial charge is 0.327 e. The molecule has 0 radical (unpaired) electrons. The number of phenols is 1. The van der Waals surface area contributed by atoms with Crippen LogP contribution in [0.15, 0.2) is 23.2 Å². The molecule has 17 heavy (non-hydrogen) atoms. The van der Waals surface area contributed by atoms with Crippen LogP contribution in [0.2, 0.25) is 0 Å². The van der Waals surface area contributed by atoms with Gasteiger partial charge in [0.1, 0.15) is 6.54 Å². The van der Waals surface area contributed by atoms with Gasteiger partial charge in [-0.3, -0.25) is 19.9 Å². The van der Waals surface area contributed by atoms with E-state index in [9.17, 15) is 20.0 Å². The van der Waals surface area contributed by atoms with Gasteiger partial charge in [0, 0.05) is 17.8 Å². The van der Waals surface area contributed by atoms with Gasteiger partial charge in [0.25, 0.3) is 0 Å². The van der Waals surface area contributed by atoms with Crippen molar-refractivity contribution >= 4 is 17.9 Å². The molecule has 0 saturated carbocycles. The molecule has 0 fully saturated rings. The van der Waals surface area contributed by atoms with Crippen molar-refractivity contribution in [3.05, 3.63) is 33.9 Å². The van der Waals surface area contributed by atoms with Crippen LogP contribution in [0.5, 0.6) is 5.75 Å². The number of methoxy groups -OCH3 is 1. The standard InChI is InChI=1S/C10H10N2O5/c1-17-9(13)6-11-5-7-3-2-4-8(10(7)14)12(15)16/h2-5,14H,6H2,1H3. The molecule has 0 aromatic heterocycles. The Morgan fingerprint density at radius 3 is 2.94 bits per heavy atom. The van der Waals surface area contributed by atoms with Gasteiger partial charge < -0.3 is 9.84 Å². The fourth-order valence-corrected chi connectivity index (χ4v) is 1.08. The Labute approximate surface area is 96.5 Å². The highest BCUT2D eigenvalue weighted by Crippen LogP contribution is 2.27. The molecule has 0 aliphatic rings. The molecule has 1 N–H and O–H groups in total. The number of para-hydroxylation sites is 1. The summed E-state index contributed by atoms with van der Waals surface area (Å²) in [5, 5.41) is 20.1. The van der Waals surface area contributed by atoms with Gasteiger partial charge in [0.15, 0.2) is 0 Å². The predicted molar refractivity (Wildman–Crippen MR) is 59.2 cm³/mol. The third-order valence-corrected chi connectivity index (χ3v) is 1.92. The Kier molecular flexibility index (Phi) is 4.15. The van der Waals surface area contributed by atoms with Crippen LogP contribution in [0.3, 0.4) is 0 Å². The average molecular weight is 238 g/mol. The highest BCUT2D eigenvalue weighted by molar-refractivity contribution is 5.87. The zero-order valence-corrected chi connectivity index (χ0v) is 8.99. The van der Waals surface area contributed by atoms with Gasteiger partial charge in [-0.15, -0.1) is 0 Å². The maximum absolute atomic E-state index is 10.8. The van der Waals surface area contributed by atoms with Gasteiger partial charge in [-0.2, -0.15) is 0 Å². The Bertz CT molecular complexity index is 470. The van der Waals surface area contributed by atoms with Crippen molar-refractivity contribution < 1.29 is 19.6 Å². The SMILES string of the molecule is COC(=O)CN=Cc1cccc([N+](=O)[O-])c1O. The van der Waals surface area contributed by atoms with Crippen LogP contribution in [-0.2, 0) is 9.53 Å². The summed E-state index contributed by atoms with van der Waals surface area (Å²) in [5.41, 5.74) is -0.241. The van der Waals surface area contributed by atoms with Crippen LogP contribution in [0, 0.1) is 10.1 Å². The summed E-state index contributed by atoms with van der Waals surface area (Å²) in [6, 6.07) is 4.04. The summed E-state index contributed by atoms with van der Waals surface area (Å²) in [6.45, 7) is -0.210. The number of aromatic hydroxyl groups is 1. The highest BCUT2D eigenvalue weighted by Gasteiger charge is 2.14. The number of rotatable bonds is 4. The lowest BCUT2D eigenvalue weighted by Crippen LogP contribution is -2.04. The van der Waals surface area contributed by atoms with E-state index < -0.39 is 22.3 Å². The number of benzene rings is 1. The van der Waals surface area contributed by atoms with E-state index in [-0.39, 0.29) is 12.1 Å². The number of nitrogens with zero attached hydrogens (tertiary/aromatic N) is 2. The van der Waals surface area contributed by atoms with Crippen LogP contribution in [-0.4, -0.2) is 35.9 Å². The minimum Gasteiger partial charge on any atom is -0.502 e. The van der Waals surface area contributed by atoms with Crippen LogP contribution in [0.4, 0.5) is 5.69 Å². The number of aliphatic imine (C=N–C) groups is 1. The van der Waals surface area contributed by atoms with Crippen LogP contribution in [0.25, 0.3) is 0 Å². The van der Waals surface area contributed by atoms with Crippen molar-refractivity contribution in [2.24, 2.45) is 4.99 Å². The third kappa shape index (κ3) is 3.26. The third-order valence-electron chi connectivity index (χ3n) is 1.92. The number of ether oxygens (including phenoxy) is 1. The number of carbonyl (C=O) groups excluding carboxylic acids is 1. The summed E-state index contributed by atoms with van der Waals surface area (Å²) in [5.74, 6) is -1.02. The number of phenolic OH excluding ortho intramolecular Hbond substituents is 1. The monoisotopic (exact) mass is 238 g/mol. The summed E-state index contributed by atoms with van der Waals surface area (Å²) in [7, 11) is 1.22. The maximum atomic E-state index is 10.8. The molecular formula is C10H10N2O5. The van der Waals surface area contributed by atoms with Crippen molar-refractivity contribution in [2.45, 2.75) is 0 Å². The molecule has 7 nitrogen and oxygen atoms in total. The number of hydrogen-bond donors (Lipinski definition) is 1. The van der Waals surface area contributed by atoms with E-state index in [0.717, 1.165) is 0 Å². The van der Waals surface area contributed by atoms with E-state index in [0.29, 0.717) is 0 Å². The summed E-state index contributed by atoms with van der Waals surface area (Å²) in [6.07, 6.45) is 1.18. The molecule has 0 heterocycles. The van der Waals surface area contributed by atoms with Gasteiger partial charge in [-0.05, 0) is 6.07 Å². The molecule has 0 aliphatic heterocycles. The predicted octanol–water partition coefficient (Wildman–Crippen LogP) is 0.892. The molecule has 0 atom stereocenters. The molecule has 1 aromatic carbocycles. The van der Waals surface area contributed by atoms with Crippen molar-refractivity contribution in [1.29, 1.82) is 0 Å². The molecule has 90 valence electrons. The summed E-state index contributed by atoms with van der Waals surface area (Å²) >= 11 is 0. The lowest BCUT2D eigenvalue weighted by atomic mass is 10.2. The molecule has 0 unspecified atom stereocenters. The number of nitro groups is 1. The molecule has 0 saturated heterocycles. The first-order valence-electron chi connectivity index (χ1n) is 4.59. The van der Waals surface area contributed by atoms with Crippen LogP contribution >= 0.6 is 0 Å². The molecule has 1 rings (SSSR count). The lowest BCUT2D eigenvalue weighted by molar-refractivity contribution is -0.385. The Balaban J connectivity index is 2.89. The average Bonchev–Trinajstić information content (AvgIpc) is 2.30. The largest absolute Gasteiger partial charge is 0.502 e. The minimum atomic E-state index is -0.701. The Morgan fingerprint density at radius 2 is 2.35 bits per heavy atom. The molecule has 0 aliphatic carbocycles. The van der Waals surface area contributed by atoms with E-state index in [2.05, 4.69) is 9.73 Å². The lowest BCUT2D eigenvalue weighted by Gasteiger charge is -1.99. The van der Waals surface area contributed by atoms with E-state index in [1.165, 1.54) is 31.5 Å². The second-order valence-corrected chi connectivity index (χ2v) is 3.02. The number of hydrogen-bond acceptors (Lipinski definition) is 6. The zero-order chi connectivity index (χ0) is 12.8. The van der Waals surface area contributed by atoms with Crippen LogP contribution in [0.1, 0.15) is 5.56 Å². The first-order valence-corrected chi connectivity index (χ1v) is 4.59. The fourth-order valence-electron chi connectivity index (χ4n) is 1.08. The van der Waals surface area contributed by atoms with E-state index in [1.807, 2.05) is 0 Å². The number of nitro benzene ring substituents is 1. The molecule has 1 aromatic rings. The summed E-state index contributed by atoms with van der Waals surface area (Å²) in [4.78, 5) is 24.3. The van der Waals surface area contributed by atoms with E-state index >= 15 is 0 Å². The molecule has 0 spiro atoms. The molecule has 0 amide bonds. The Hall–Kier alpha value is -2.44. The highest BCUT2D eigenvalue weighted by atomic mass is 16.6. The van der Waals surface area contributed by atoms with Gasteiger partial charge in [-0.25, -0.2) is 0 Å². The van der Waals surface area contributed by atoms with E-state index in [4.69, 9.17) is 0 Å². The van der Waals surface area contributed by atoms with Gasteiger partial charge in [0.2, 0.25) is 5.75 Å². The Morgan fingerprint density at radius 1 is 1.65 bits per heavy atom. The molecule has 0 bridgehead atoms. The zero-order valence-electron chi connectivity index (χ0n) is 8.99. The fraction of sp³-hybridized carbons (Fsp3) is 0.200. The molecule has 7 heteroatoms. The topological polar surface area (TPSA) is 102 Å². The van der Waals surface area contributed by atoms with Crippen molar-refractivity contribution in [1.82, 2.24) is 0 Å².